The fourth-order valence-electron chi connectivity index (χ4n) is 1.48. The van der Waals surface area contributed by atoms with Crippen molar-refractivity contribution >= 4 is 6.09 Å². The molecule has 0 spiro atoms. The largest absolute Gasteiger partial charge is 0.444 e. The highest BCUT2D eigenvalue weighted by Gasteiger charge is 2.34. The zero-order valence-electron chi connectivity index (χ0n) is 9.43. The molecule has 2 N–H and O–H groups in total. The smallest absolute Gasteiger partial charge is 0.412 e. The average Bonchev–Trinajstić information content (AvgIpc) is 2.06. The molecule has 1 saturated heterocycles. The Morgan fingerprint density at radius 1 is 1.40 bits per heavy atom. The summed E-state index contributed by atoms with van der Waals surface area (Å²) in [5.41, 5.74) is -0.584. The molecule has 5 heteroatoms. The maximum Gasteiger partial charge on any atom is 0.412 e. The van der Waals surface area contributed by atoms with Gasteiger partial charge >= 0.3 is 6.09 Å². The number of rotatable bonds is 0. The number of aliphatic hydroxyl groups excluding tert-OH is 2. The van der Waals surface area contributed by atoms with Crippen molar-refractivity contribution < 1.29 is 19.7 Å². The van der Waals surface area contributed by atoms with Crippen LogP contribution in [0.1, 0.15) is 33.6 Å². The number of piperidine rings is 1. The summed E-state index contributed by atoms with van der Waals surface area (Å²) in [5.74, 6) is 0. The van der Waals surface area contributed by atoms with Gasteiger partial charge < -0.3 is 14.9 Å². The molecule has 0 aromatic rings. The number of hydrogen-bond acceptors (Lipinski definition) is 4. The number of nitrogens with zero attached hydrogens (tertiary/aromatic N) is 1. The second kappa shape index (κ2) is 4.37. The quantitative estimate of drug-likeness (QED) is 0.626. The summed E-state index contributed by atoms with van der Waals surface area (Å²) >= 11 is 0. The number of carbonyl (C=O) groups is 1. The summed E-state index contributed by atoms with van der Waals surface area (Å²) in [6.07, 6.45) is -1.40. The molecule has 5 nitrogen and oxygen atoms in total. The van der Waals surface area contributed by atoms with E-state index in [9.17, 15) is 15.0 Å². The van der Waals surface area contributed by atoms with Crippen LogP contribution in [0.15, 0.2) is 0 Å². The van der Waals surface area contributed by atoms with Crippen molar-refractivity contribution in [2.45, 2.75) is 51.5 Å². The number of ether oxygens (including phenoxy) is 1. The molecule has 15 heavy (non-hydrogen) atoms. The van der Waals surface area contributed by atoms with Gasteiger partial charge in [-0.15, -0.1) is 0 Å². The molecule has 0 unspecified atom stereocenters. The first-order chi connectivity index (χ1) is 6.81. The van der Waals surface area contributed by atoms with Crippen LogP contribution in [-0.2, 0) is 4.74 Å². The van der Waals surface area contributed by atoms with Gasteiger partial charge in [-0.1, -0.05) is 0 Å². The summed E-state index contributed by atoms with van der Waals surface area (Å²) in [6.45, 7) is 5.71. The molecule has 0 aromatic carbocycles. The van der Waals surface area contributed by atoms with E-state index in [-0.39, 0.29) is 0 Å². The minimum absolute atomic E-state index is 0.424. The van der Waals surface area contributed by atoms with E-state index in [4.69, 9.17) is 4.74 Å². The lowest BCUT2D eigenvalue weighted by Crippen LogP contribution is -2.52. The Morgan fingerprint density at radius 2 is 2.00 bits per heavy atom. The summed E-state index contributed by atoms with van der Waals surface area (Å²) in [6, 6.07) is 0. The highest BCUT2D eigenvalue weighted by Crippen LogP contribution is 2.19. The molecule has 1 rings (SSSR count). The third-order valence-electron chi connectivity index (χ3n) is 2.19. The first-order valence-corrected chi connectivity index (χ1v) is 5.17. The van der Waals surface area contributed by atoms with Crippen molar-refractivity contribution in [3.63, 3.8) is 0 Å². The number of amides is 1. The van der Waals surface area contributed by atoms with Crippen LogP contribution in [-0.4, -0.2) is 45.7 Å². The minimum atomic E-state index is -1.14. The number of aliphatic hydroxyl groups is 2. The van der Waals surface area contributed by atoms with E-state index in [1.807, 2.05) is 0 Å². The Hall–Kier alpha value is -0.810. The SMILES string of the molecule is CC(C)(C)OC(=O)N1CCC[C@H](O)[C@@H]1O. The number of carbonyl (C=O) groups excluding carboxylic acids is 1. The number of likely N-dealkylation sites (tertiary alicyclic amines) is 1. The van der Waals surface area contributed by atoms with Crippen molar-refractivity contribution in [3.8, 4) is 0 Å². The molecular weight excluding hydrogens is 198 g/mol. The van der Waals surface area contributed by atoms with Crippen LogP contribution in [0.4, 0.5) is 4.79 Å². The summed E-state index contributed by atoms with van der Waals surface area (Å²) < 4.78 is 5.11. The molecule has 0 radical (unpaired) electrons. The Morgan fingerprint density at radius 3 is 2.53 bits per heavy atom. The van der Waals surface area contributed by atoms with E-state index in [0.29, 0.717) is 19.4 Å². The maximum absolute atomic E-state index is 11.6. The van der Waals surface area contributed by atoms with Gasteiger partial charge in [0.15, 0.2) is 6.23 Å². The Bertz CT molecular complexity index is 236. The van der Waals surface area contributed by atoms with Gasteiger partial charge in [0.2, 0.25) is 0 Å². The fraction of sp³-hybridized carbons (Fsp3) is 0.900. The maximum atomic E-state index is 11.6. The molecule has 1 aliphatic heterocycles. The van der Waals surface area contributed by atoms with Crippen LogP contribution >= 0.6 is 0 Å². The first-order valence-electron chi connectivity index (χ1n) is 5.17. The van der Waals surface area contributed by atoms with E-state index in [2.05, 4.69) is 0 Å². The first kappa shape index (κ1) is 12.3. The second-order valence-electron chi connectivity index (χ2n) is 4.80. The van der Waals surface area contributed by atoms with Crippen LogP contribution < -0.4 is 0 Å². The summed E-state index contributed by atoms with van der Waals surface area (Å²) in [4.78, 5) is 12.8. The van der Waals surface area contributed by atoms with Crippen LogP contribution in [0.5, 0.6) is 0 Å². The predicted octanol–water partition coefficient (Wildman–Crippen LogP) is 0.697. The molecule has 1 fully saturated rings. The normalized spacial score (nSPS) is 27.7. The van der Waals surface area contributed by atoms with E-state index < -0.39 is 24.0 Å². The standard InChI is InChI=1S/C10H19NO4/c1-10(2,3)15-9(14)11-6-4-5-7(12)8(11)13/h7-8,12-13H,4-6H2,1-3H3/t7-,8-/m0/s1. The van der Waals surface area contributed by atoms with Crippen molar-refractivity contribution in [3.05, 3.63) is 0 Å². The molecular formula is C10H19NO4. The zero-order valence-corrected chi connectivity index (χ0v) is 9.43. The van der Waals surface area contributed by atoms with Gasteiger partial charge in [-0.25, -0.2) is 4.79 Å². The highest BCUT2D eigenvalue weighted by atomic mass is 16.6. The molecule has 0 aliphatic carbocycles. The van der Waals surface area contributed by atoms with Crippen molar-refractivity contribution in [1.29, 1.82) is 0 Å². The fourth-order valence-corrected chi connectivity index (χ4v) is 1.48. The molecule has 1 aliphatic rings. The van der Waals surface area contributed by atoms with Crippen LogP contribution in [0.3, 0.4) is 0 Å². The zero-order chi connectivity index (χ0) is 11.6. The van der Waals surface area contributed by atoms with Gasteiger partial charge in [0.1, 0.15) is 5.60 Å². The topological polar surface area (TPSA) is 70.0 Å². The van der Waals surface area contributed by atoms with Crippen molar-refractivity contribution in [2.75, 3.05) is 6.54 Å². The molecule has 0 saturated carbocycles. The Balaban J connectivity index is 2.59. The van der Waals surface area contributed by atoms with E-state index in [1.54, 1.807) is 20.8 Å². The van der Waals surface area contributed by atoms with Gasteiger partial charge in [0.05, 0.1) is 6.10 Å². The lowest BCUT2D eigenvalue weighted by atomic mass is 10.1. The lowest BCUT2D eigenvalue weighted by molar-refractivity contribution is -0.106. The van der Waals surface area contributed by atoms with E-state index >= 15 is 0 Å². The summed E-state index contributed by atoms with van der Waals surface area (Å²) in [5, 5.41) is 19.0. The minimum Gasteiger partial charge on any atom is -0.444 e. The molecule has 1 amide bonds. The van der Waals surface area contributed by atoms with Gasteiger partial charge in [-0.3, -0.25) is 4.90 Å². The molecule has 88 valence electrons. The molecule has 0 aromatic heterocycles. The third kappa shape index (κ3) is 3.35. The van der Waals surface area contributed by atoms with E-state index in [0.717, 1.165) is 0 Å². The van der Waals surface area contributed by atoms with Gasteiger partial charge in [-0.05, 0) is 33.6 Å². The monoisotopic (exact) mass is 217 g/mol. The average molecular weight is 217 g/mol. The summed E-state index contributed by atoms with van der Waals surface area (Å²) in [7, 11) is 0. The number of hydrogen-bond donors (Lipinski definition) is 2. The molecule has 0 bridgehead atoms. The predicted molar refractivity (Wildman–Crippen MR) is 54.2 cm³/mol. The van der Waals surface area contributed by atoms with Gasteiger partial charge in [-0.2, -0.15) is 0 Å². The second-order valence-corrected chi connectivity index (χ2v) is 4.80. The van der Waals surface area contributed by atoms with Crippen molar-refractivity contribution in [1.82, 2.24) is 4.90 Å². The van der Waals surface area contributed by atoms with Crippen molar-refractivity contribution in [2.24, 2.45) is 0 Å². The van der Waals surface area contributed by atoms with Gasteiger partial charge in [0, 0.05) is 6.54 Å². The third-order valence-corrected chi connectivity index (χ3v) is 2.19. The Labute approximate surface area is 89.6 Å². The molecule has 1 heterocycles. The molecule has 2 atom stereocenters. The van der Waals surface area contributed by atoms with Crippen LogP contribution in [0, 0.1) is 0 Å². The van der Waals surface area contributed by atoms with Gasteiger partial charge in [0.25, 0.3) is 0 Å². The van der Waals surface area contributed by atoms with Crippen LogP contribution in [0.25, 0.3) is 0 Å². The Kier molecular flexibility index (Phi) is 3.57. The van der Waals surface area contributed by atoms with E-state index in [1.165, 1.54) is 4.90 Å². The lowest BCUT2D eigenvalue weighted by Gasteiger charge is -2.36. The van der Waals surface area contributed by atoms with Crippen LogP contribution in [0.2, 0.25) is 0 Å². The highest BCUT2D eigenvalue weighted by molar-refractivity contribution is 5.68.